The van der Waals surface area contributed by atoms with Gasteiger partial charge in [-0.2, -0.15) is 11.8 Å². The molecule has 1 aliphatic carbocycles. The summed E-state index contributed by atoms with van der Waals surface area (Å²) in [5.41, 5.74) is 0. The van der Waals surface area contributed by atoms with Crippen LogP contribution in [-0.2, 0) is 0 Å². The minimum atomic E-state index is 0.827. The van der Waals surface area contributed by atoms with E-state index in [-0.39, 0.29) is 0 Å². The van der Waals surface area contributed by atoms with Crippen molar-refractivity contribution in [2.75, 3.05) is 12.8 Å². The summed E-state index contributed by atoms with van der Waals surface area (Å²) in [6.07, 6.45) is 17.9. The Morgan fingerprint density at radius 3 is 2.11 bits per heavy atom. The Balaban J connectivity index is 1.84. The van der Waals surface area contributed by atoms with Gasteiger partial charge in [0.25, 0.3) is 0 Å². The average Bonchev–Trinajstić information content (AvgIpc) is 2.42. The average molecular weight is 272 g/mol. The second-order valence-corrected chi connectivity index (χ2v) is 6.92. The number of rotatable bonds is 10. The third-order valence-corrected chi connectivity index (χ3v) is 5.36. The van der Waals surface area contributed by atoms with Crippen LogP contribution in [-0.4, -0.2) is 24.1 Å². The van der Waals surface area contributed by atoms with Crippen LogP contribution in [0.15, 0.2) is 0 Å². The summed E-state index contributed by atoms with van der Waals surface area (Å²) in [6.45, 7) is 3.54. The van der Waals surface area contributed by atoms with Crippen molar-refractivity contribution in [3.05, 3.63) is 0 Å². The van der Waals surface area contributed by atoms with Crippen molar-refractivity contribution in [3.63, 3.8) is 0 Å². The van der Waals surface area contributed by atoms with Crippen molar-refractivity contribution >= 4 is 11.8 Å². The van der Waals surface area contributed by atoms with E-state index >= 15 is 0 Å². The minimum Gasteiger partial charge on any atom is -0.314 e. The van der Waals surface area contributed by atoms with Gasteiger partial charge in [0, 0.05) is 11.3 Å². The minimum absolute atomic E-state index is 0.827. The maximum atomic E-state index is 3.76. The molecule has 2 heteroatoms. The fraction of sp³-hybridized carbons (Fsp3) is 1.00. The molecule has 0 heterocycles. The molecule has 1 nitrogen and oxygen atoms in total. The summed E-state index contributed by atoms with van der Waals surface area (Å²) < 4.78 is 0. The zero-order chi connectivity index (χ0) is 13.1. The van der Waals surface area contributed by atoms with E-state index in [0.717, 1.165) is 11.3 Å². The molecule has 0 amide bonds. The maximum Gasteiger partial charge on any atom is 0.00678 e. The second-order valence-electron chi connectivity index (χ2n) is 5.78. The Morgan fingerprint density at radius 2 is 1.50 bits per heavy atom. The van der Waals surface area contributed by atoms with Crippen LogP contribution in [0.1, 0.15) is 77.6 Å². The molecule has 0 aromatic heterocycles. The molecule has 1 saturated carbocycles. The van der Waals surface area contributed by atoms with Gasteiger partial charge in [0.05, 0.1) is 0 Å². The monoisotopic (exact) mass is 271 g/mol. The Bertz CT molecular complexity index is 176. The van der Waals surface area contributed by atoms with Gasteiger partial charge in [-0.1, -0.05) is 45.4 Å². The molecule has 0 saturated heterocycles. The summed E-state index contributed by atoms with van der Waals surface area (Å²) in [4.78, 5) is 0. The molecule has 0 aromatic carbocycles. The normalized spacial score (nSPS) is 24.3. The van der Waals surface area contributed by atoms with Crippen LogP contribution in [0, 0.1) is 0 Å². The van der Waals surface area contributed by atoms with Crippen molar-refractivity contribution in [2.45, 2.75) is 88.8 Å². The van der Waals surface area contributed by atoms with Crippen LogP contribution in [0.3, 0.4) is 0 Å². The lowest BCUT2D eigenvalue weighted by molar-refractivity contribution is 0.376. The van der Waals surface area contributed by atoms with E-state index < -0.39 is 0 Å². The van der Waals surface area contributed by atoms with Gasteiger partial charge in [-0.25, -0.2) is 0 Å². The van der Waals surface area contributed by atoms with E-state index in [1.54, 1.807) is 0 Å². The van der Waals surface area contributed by atoms with Crippen molar-refractivity contribution < 1.29 is 0 Å². The lowest BCUT2D eigenvalue weighted by Crippen LogP contribution is -2.34. The summed E-state index contributed by atoms with van der Waals surface area (Å²) in [7, 11) is 0. The van der Waals surface area contributed by atoms with Gasteiger partial charge in [-0.05, 0) is 44.9 Å². The van der Waals surface area contributed by atoms with E-state index in [0.29, 0.717) is 0 Å². The first kappa shape index (κ1) is 16.4. The van der Waals surface area contributed by atoms with Gasteiger partial charge < -0.3 is 5.32 Å². The Kier molecular flexibility index (Phi) is 10.1. The smallest absolute Gasteiger partial charge is 0.00678 e. The second kappa shape index (κ2) is 11.2. The highest BCUT2D eigenvalue weighted by Crippen LogP contribution is 2.26. The zero-order valence-corrected chi connectivity index (χ0v) is 13.4. The molecule has 18 heavy (non-hydrogen) atoms. The van der Waals surface area contributed by atoms with Gasteiger partial charge >= 0.3 is 0 Å². The Morgan fingerprint density at radius 1 is 0.889 bits per heavy atom. The summed E-state index contributed by atoms with van der Waals surface area (Å²) in [6, 6.07) is 0.827. The molecular weight excluding hydrogens is 238 g/mol. The number of hydrogen-bond donors (Lipinski definition) is 1. The fourth-order valence-corrected chi connectivity index (χ4v) is 3.63. The van der Waals surface area contributed by atoms with Crippen LogP contribution in [0.5, 0.6) is 0 Å². The van der Waals surface area contributed by atoms with Crippen molar-refractivity contribution in [1.82, 2.24) is 5.32 Å². The van der Waals surface area contributed by atoms with E-state index in [1.807, 2.05) is 0 Å². The van der Waals surface area contributed by atoms with E-state index in [9.17, 15) is 0 Å². The van der Waals surface area contributed by atoms with Crippen LogP contribution >= 0.6 is 11.8 Å². The third-order valence-electron chi connectivity index (χ3n) is 4.22. The van der Waals surface area contributed by atoms with Crippen molar-refractivity contribution in [3.8, 4) is 0 Å². The first-order chi connectivity index (χ1) is 8.86. The van der Waals surface area contributed by atoms with Gasteiger partial charge in [0.15, 0.2) is 0 Å². The van der Waals surface area contributed by atoms with Crippen LogP contribution in [0.4, 0.5) is 0 Å². The van der Waals surface area contributed by atoms with E-state index in [4.69, 9.17) is 0 Å². The lowest BCUT2D eigenvalue weighted by atomic mass is 9.95. The third kappa shape index (κ3) is 7.68. The largest absolute Gasteiger partial charge is 0.314 e. The molecule has 0 bridgehead atoms. The zero-order valence-electron chi connectivity index (χ0n) is 12.5. The Labute approximate surface area is 119 Å². The van der Waals surface area contributed by atoms with Crippen LogP contribution in [0.2, 0.25) is 0 Å². The van der Waals surface area contributed by atoms with Gasteiger partial charge in [0.2, 0.25) is 0 Å². The number of unbranched alkanes of at least 4 members (excludes halogenated alkanes) is 6. The highest BCUT2D eigenvalue weighted by molar-refractivity contribution is 7.99. The van der Waals surface area contributed by atoms with Gasteiger partial charge in [0.1, 0.15) is 0 Å². The fourth-order valence-electron chi connectivity index (χ4n) is 2.89. The van der Waals surface area contributed by atoms with Crippen LogP contribution < -0.4 is 5.32 Å². The van der Waals surface area contributed by atoms with Gasteiger partial charge in [-0.3, -0.25) is 0 Å². The first-order valence-corrected chi connectivity index (χ1v) is 9.41. The molecule has 1 rings (SSSR count). The number of hydrogen-bond acceptors (Lipinski definition) is 2. The molecule has 1 fully saturated rings. The Hall–Kier alpha value is 0.310. The molecule has 0 unspecified atom stereocenters. The molecule has 0 atom stereocenters. The quantitative estimate of drug-likeness (QED) is 0.561. The van der Waals surface area contributed by atoms with Crippen molar-refractivity contribution in [2.24, 2.45) is 0 Å². The predicted molar refractivity (Wildman–Crippen MR) is 85.6 cm³/mol. The summed E-state index contributed by atoms with van der Waals surface area (Å²) >= 11 is 2.06. The molecule has 1 aliphatic rings. The van der Waals surface area contributed by atoms with E-state index in [1.165, 1.54) is 77.2 Å². The van der Waals surface area contributed by atoms with Crippen LogP contribution in [0.25, 0.3) is 0 Å². The molecular formula is C16H33NS. The van der Waals surface area contributed by atoms with Gasteiger partial charge in [-0.15, -0.1) is 0 Å². The molecule has 1 N–H and O–H groups in total. The number of thioether (sulfide) groups is 1. The first-order valence-electron chi connectivity index (χ1n) is 8.13. The lowest BCUT2D eigenvalue weighted by Gasteiger charge is -2.28. The summed E-state index contributed by atoms with van der Waals surface area (Å²) in [5.74, 6) is 0. The standard InChI is InChI=1S/C16H33NS/c1-3-4-5-6-7-8-9-14-17-15-10-12-16(18-2)13-11-15/h15-17H,3-14H2,1-2H3. The highest BCUT2D eigenvalue weighted by Gasteiger charge is 2.19. The molecule has 0 aliphatic heterocycles. The van der Waals surface area contributed by atoms with E-state index in [2.05, 4.69) is 30.3 Å². The highest BCUT2D eigenvalue weighted by atomic mass is 32.2. The maximum absolute atomic E-state index is 3.76. The summed E-state index contributed by atoms with van der Waals surface area (Å²) in [5, 5.41) is 4.70. The molecule has 0 aromatic rings. The SMILES string of the molecule is CCCCCCCCCNC1CCC(SC)CC1. The topological polar surface area (TPSA) is 12.0 Å². The van der Waals surface area contributed by atoms with Crippen molar-refractivity contribution in [1.29, 1.82) is 0 Å². The number of nitrogens with one attached hydrogen (secondary N) is 1. The molecule has 108 valence electrons. The molecule has 0 radical (unpaired) electrons. The molecule has 0 spiro atoms. The predicted octanol–water partition coefficient (Wildman–Crippen LogP) is 5.00.